The Bertz CT molecular complexity index is 899. The summed E-state index contributed by atoms with van der Waals surface area (Å²) in [5, 5.41) is 3.09. The topological polar surface area (TPSA) is 75.3 Å². The number of hydrogen-bond acceptors (Lipinski definition) is 3. The Morgan fingerprint density at radius 3 is 2.56 bits per heavy atom. The van der Waals surface area contributed by atoms with Crippen LogP contribution in [-0.4, -0.2) is 20.9 Å². The van der Waals surface area contributed by atoms with Crippen LogP contribution >= 0.6 is 23.2 Å². The summed E-state index contributed by atoms with van der Waals surface area (Å²) in [7, 11) is -3.92. The first-order chi connectivity index (χ1) is 11.8. The first-order valence-electron chi connectivity index (χ1n) is 7.62. The van der Waals surface area contributed by atoms with Crippen LogP contribution in [0.1, 0.15) is 29.3 Å². The molecule has 0 aromatic heterocycles. The monoisotopic (exact) mass is 400 g/mol. The minimum absolute atomic E-state index is 0.0317. The van der Waals surface area contributed by atoms with E-state index >= 15 is 0 Å². The molecule has 2 aromatic rings. The lowest BCUT2D eigenvalue weighted by Gasteiger charge is -2.12. The summed E-state index contributed by atoms with van der Waals surface area (Å²) in [6, 6.07) is 9.03. The molecule has 134 valence electrons. The van der Waals surface area contributed by atoms with Crippen molar-refractivity contribution in [1.82, 2.24) is 5.32 Å². The smallest absolute Gasteiger partial charge is 0.261 e. The molecule has 8 heteroatoms. The molecular weight excluding hydrogens is 383 g/mol. The zero-order chi connectivity index (χ0) is 18.6. The molecule has 0 spiro atoms. The molecule has 0 fully saturated rings. The molecule has 1 amide bonds. The lowest BCUT2D eigenvalue weighted by atomic mass is 10.1. The van der Waals surface area contributed by atoms with Crippen LogP contribution in [-0.2, 0) is 10.0 Å². The summed E-state index contributed by atoms with van der Waals surface area (Å²) in [5.41, 5.74) is 1.17. The molecule has 0 atom stereocenters. The lowest BCUT2D eigenvalue weighted by Crippen LogP contribution is -2.25. The van der Waals surface area contributed by atoms with Gasteiger partial charge in [-0.05, 0) is 43.2 Å². The summed E-state index contributed by atoms with van der Waals surface area (Å²) in [5.74, 6) is -0.308. The number of amides is 1. The molecule has 0 aliphatic carbocycles. The normalized spacial score (nSPS) is 11.2. The number of hydrogen-bond donors (Lipinski definition) is 2. The lowest BCUT2D eigenvalue weighted by molar-refractivity contribution is 0.0953. The van der Waals surface area contributed by atoms with Gasteiger partial charge in [-0.3, -0.25) is 9.52 Å². The fraction of sp³-hybridized carbons (Fsp3) is 0.235. The minimum atomic E-state index is -3.92. The summed E-state index contributed by atoms with van der Waals surface area (Å²) in [6.45, 7) is 4.21. The van der Waals surface area contributed by atoms with E-state index in [4.69, 9.17) is 23.2 Å². The summed E-state index contributed by atoms with van der Waals surface area (Å²) >= 11 is 11.9. The fourth-order valence-corrected chi connectivity index (χ4v) is 3.63. The van der Waals surface area contributed by atoms with Crippen molar-refractivity contribution in [1.29, 1.82) is 0 Å². The predicted molar refractivity (Wildman–Crippen MR) is 101 cm³/mol. The maximum Gasteiger partial charge on any atom is 0.261 e. The third-order valence-electron chi connectivity index (χ3n) is 3.50. The fourth-order valence-electron chi connectivity index (χ4n) is 2.13. The van der Waals surface area contributed by atoms with Gasteiger partial charge in [-0.15, -0.1) is 0 Å². The van der Waals surface area contributed by atoms with Crippen molar-refractivity contribution in [3.63, 3.8) is 0 Å². The highest BCUT2D eigenvalue weighted by Crippen LogP contribution is 2.31. The maximum atomic E-state index is 12.6. The Morgan fingerprint density at radius 1 is 1.16 bits per heavy atom. The highest BCUT2D eigenvalue weighted by Gasteiger charge is 2.19. The van der Waals surface area contributed by atoms with Crippen LogP contribution in [0.25, 0.3) is 0 Å². The predicted octanol–water partition coefficient (Wildman–Crippen LogP) is 4.24. The maximum absolute atomic E-state index is 12.6. The highest BCUT2D eigenvalue weighted by atomic mass is 35.5. The molecule has 2 N–H and O–H groups in total. The van der Waals surface area contributed by atoms with Crippen molar-refractivity contribution in [2.75, 3.05) is 11.3 Å². The average Bonchev–Trinajstić information content (AvgIpc) is 2.57. The highest BCUT2D eigenvalue weighted by molar-refractivity contribution is 7.92. The van der Waals surface area contributed by atoms with Crippen molar-refractivity contribution in [3.05, 3.63) is 57.6 Å². The number of anilines is 1. The molecule has 2 aromatic carbocycles. The van der Waals surface area contributed by atoms with Crippen molar-refractivity contribution in [3.8, 4) is 0 Å². The molecular formula is C17H18Cl2N2O3S. The van der Waals surface area contributed by atoms with E-state index in [2.05, 4.69) is 10.0 Å². The number of benzene rings is 2. The van der Waals surface area contributed by atoms with Gasteiger partial charge in [-0.2, -0.15) is 0 Å². The largest absolute Gasteiger partial charge is 0.352 e. The van der Waals surface area contributed by atoms with E-state index in [1.807, 2.05) is 6.92 Å². The standard InChI is InChI=1S/C17H18Cl2N2O3S/c1-3-9-20-17(22)13-10-12(8-7-11(13)2)25(23,24)21-15-6-4-5-14(18)16(15)19/h4-8,10,21H,3,9H2,1-2H3,(H,20,22). The Balaban J connectivity index is 2.36. The molecule has 0 saturated carbocycles. The zero-order valence-corrected chi connectivity index (χ0v) is 16.1. The van der Waals surface area contributed by atoms with Crippen LogP contribution in [0.5, 0.6) is 0 Å². The molecule has 2 rings (SSSR count). The summed E-state index contributed by atoms with van der Waals surface area (Å²) < 4.78 is 27.6. The van der Waals surface area contributed by atoms with Crippen molar-refractivity contribution < 1.29 is 13.2 Å². The van der Waals surface area contributed by atoms with E-state index in [0.29, 0.717) is 17.7 Å². The number of halogens is 2. The SMILES string of the molecule is CCCNC(=O)c1cc(S(=O)(=O)Nc2cccc(Cl)c2Cl)ccc1C. The van der Waals surface area contributed by atoms with E-state index in [9.17, 15) is 13.2 Å². The molecule has 0 aliphatic heterocycles. The number of rotatable bonds is 6. The molecule has 0 aliphatic rings. The van der Waals surface area contributed by atoms with Gasteiger partial charge in [0.2, 0.25) is 0 Å². The second kappa shape index (κ2) is 8.08. The van der Waals surface area contributed by atoms with Gasteiger partial charge in [0, 0.05) is 12.1 Å². The number of nitrogens with one attached hydrogen (secondary N) is 2. The summed E-state index contributed by atoms with van der Waals surface area (Å²) in [6.07, 6.45) is 0.789. The quantitative estimate of drug-likeness (QED) is 0.760. The van der Waals surface area contributed by atoms with E-state index in [1.54, 1.807) is 25.1 Å². The van der Waals surface area contributed by atoms with Gasteiger partial charge in [0.05, 0.1) is 20.6 Å². The minimum Gasteiger partial charge on any atom is -0.352 e. The van der Waals surface area contributed by atoms with E-state index in [0.717, 1.165) is 6.42 Å². The second-order valence-electron chi connectivity index (χ2n) is 5.44. The molecule has 0 saturated heterocycles. The Kier molecular flexibility index (Phi) is 6.32. The first-order valence-corrected chi connectivity index (χ1v) is 9.86. The Morgan fingerprint density at radius 2 is 1.88 bits per heavy atom. The van der Waals surface area contributed by atoms with Crippen LogP contribution in [0.4, 0.5) is 5.69 Å². The van der Waals surface area contributed by atoms with Crippen molar-refractivity contribution >= 4 is 44.8 Å². The van der Waals surface area contributed by atoms with E-state index in [1.165, 1.54) is 18.2 Å². The van der Waals surface area contributed by atoms with Crippen molar-refractivity contribution in [2.45, 2.75) is 25.2 Å². The number of sulfonamides is 1. The van der Waals surface area contributed by atoms with Gasteiger partial charge in [0.1, 0.15) is 0 Å². The summed E-state index contributed by atoms with van der Waals surface area (Å²) in [4.78, 5) is 12.2. The molecule has 0 unspecified atom stereocenters. The van der Waals surface area contributed by atoms with Crippen LogP contribution in [0.3, 0.4) is 0 Å². The number of carbonyl (C=O) groups is 1. The number of aryl methyl sites for hydroxylation is 1. The van der Waals surface area contributed by atoms with E-state index < -0.39 is 10.0 Å². The molecule has 0 radical (unpaired) electrons. The molecule has 0 heterocycles. The third kappa shape index (κ3) is 4.66. The van der Waals surface area contributed by atoms with Gasteiger partial charge in [0.15, 0.2) is 0 Å². The third-order valence-corrected chi connectivity index (χ3v) is 5.68. The van der Waals surface area contributed by atoms with Crippen LogP contribution in [0.2, 0.25) is 10.0 Å². The molecule has 0 bridgehead atoms. The zero-order valence-electron chi connectivity index (χ0n) is 13.8. The molecule has 5 nitrogen and oxygen atoms in total. The van der Waals surface area contributed by atoms with E-state index in [-0.39, 0.29) is 26.5 Å². The number of carbonyl (C=O) groups excluding carboxylic acids is 1. The van der Waals surface area contributed by atoms with Gasteiger partial charge >= 0.3 is 0 Å². The Hall–Kier alpha value is -1.76. The van der Waals surface area contributed by atoms with Gasteiger partial charge < -0.3 is 5.32 Å². The Labute approximate surface area is 157 Å². The van der Waals surface area contributed by atoms with Gasteiger partial charge in [0.25, 0.3) is 15.9 Å². The van der Waals surface area contributed by atoms with Crippen molar-refractivity contribution in [2.24, 2.45) is 0 Å². The van der Waals surface area contributed by atoms with Gasteiger partial charge in [-0.1, -0.05) is 42.3 Å². The van der Waals surface area contributed by atoms with Gasteiger partial charge in [-0.25, -0.2) is 8.42 Å². The van der Waals surface area contributed by atoms with Crippen LogP contribution in [0.15, 0.2) is 41.3 Å². The van der Waals surface area contributed by atoms with Crippen LogP contribution < -0.4 is 10.0 Å². The molecule has 25 heavy (non-hydrogen) atoms. The van der Waals surface area contributed by atoms with Crippen LogP contribution in [0, 0.1) is 6.92 Å². The average molecular weight is 401 g/mol. The first kappa shape index (κ1) is 19.6. The second-order valence-corrected chi connectivity index (χ2v) is 7.91.